The van der Waals surface area contributed by atoms with E-state index in [0.717, 1.165) is 38.0 Å². The predicted molar refractivity (Wildman–Crippen MR) is 85.3 cm³/mol. The highest BCUT2D eigenvalue weighted by Gasteiger charge is 2.32. The summed E-state index contributed by atoms with van der Waals surface area (Å²) in [7, 11) is 0. The molecule has 1 aromatic carbocycles. The zero-order valence-electron chi connectivity index (χ0n) is 13.1. The molecule has 1 aliphatic rings. The minimum absolute atomic E-state index is 0.189. The molecule has 0 aromatic heterocycles. The quantitative estimate of drug-likeness (QED) is 0.791. The fraction of sp³-hybridized carbons (Fsp3) is 0.647. The Balaban J connectivity index is 2.04. The van der Waals surface area contributed by atoms with Crippen molar-refractivity contribution >= 4 is 11.6 Å². The van der Waals surface area contributed by atoms with E-state index in [4.69, 9.17) is 16.3 Å². The van der Waals surface area contributed by atoms with Crippen molar-refractivity contribution in [2.24, 2.45) is 5.92 Å². The van der Waals surface area contributed by atoms with E-state index in [2.05, 4.69) is 12.2 Å². The summed E-state index contributed by atoms with van der Waals surface area (Å²) < 4.78 is 19.2. The van der Waals surface area contributed by atoms with E-state index < -0.39 is 0 Å². The van der Waals surface area contributed by atoms with Crippen LogP contribution in [0.2, 0.25) is 5.02 Å². The highest BCUT2D eigenvalue weighted by Crippen LogP contribution is 2.38. The van der Waals surface area contributed by atoms with E-state index in [9.17, 15) is 4.39 Å². The topological polar surface area (TPSA) is 21.3 Å². The number of hydrogen-bond donors (Lipinski definition) is 1. The van der Waals surface area contributed by atoms with Gasteiger partial charge in [-0.2, -0.15) is 0 Å². The first-order valence-electron chi connectivity index (χ1n) is 7.85. The van der Waals surface area contributed by atoms with Crippen molar-refractivity contribution in [1.29, 1.82) is 0 Å². The van der Waals surface area contributed by atoms with Crippen molar-refractivity contribution in [3.63, 3.8) is 0 Å². The van der Waals surface area contributed by atoms with Gasteiger partial charge in [0, 0.05) is 17.7 Å². The van der Waals surface area contributed by atoms with Crippen molar-refractivity contribution in [2.75, 3.05) is 13.2 Å². The van der Waals surface area contributed by atoms with Crippen LogP contribution in [0.15, 0.2) is 12.1 Å². The molecule has 2 nitrogen and oxygen atoms in total. The summed E-state index contributed by atoms with van der Waals surface area (Å²) in [5, 5.41) is 4.00. The molecule has 0 heterocycles. The van der Waals surface area contributed by atoms with Gasteiger partial charge in [-0.15, -0.1) is 0 Å². The normalized spacial score (nSPS) is 22.9. The summed E-state index contributed by atoms with van der Waals surface area (Å²) in [4.78, 5) is 0. The van der Waals surface area contributed by atoms with Crippen LogP contribution in [-0.2, 0) is 4.74 Å². The summed E-state index contributed by atoms with van der Waals surface area (Å²) in [5.74, 6) is 0.422. The SMILES string of the molecule is CCNC(CC1CC(OCC)C1)c1cc(C)c(F)cc1Cl. The number of halogens is 2. The number of rotatable bonds is 7. The zero-order valence-corrected chi connectivity index (χ0v) is 13.8. The Morgan fingerprint density at radius 1 is 1.38 bits per heavy atom. The Morgan fingerprint density at radius 3 is 2.71 bits per heavy atom. The Morgan fingerprint density at radius 2 is 2.10 bits per heavy atom. The van der Waals surface area contributed by atoms with Crippen LogP contribution in [0.25, 0.3) is 0 Å². The molecule has 1 fully saturated rings. The van der Waals surface area contributed by atoms with Crippen molar-refractivity contribution < 1.29 is 9.13 Å². The van der Waals surface area contributed by atoms with Crippen LogP contribution in [0.4, 0.5) is 4.39 Å². The molecule has 0 radical (unpaired) electrons. The van der Waals surface area contributed by atoms with Crippen molar-refractivity contribution in [1.82, 2.24) is 5.32 Å². The highest BCUT2D eigenvalue weighted by molar-refractivity contribution is 6.31. The van der Waals surface area contributed by atoms with E-state index in [-0.39, 0.29) is 11.9 Å². The average molecular weight is 314 g/mol. The maximum atomic E-state index is 13.6. The van der Waals surface area contributed by atoms with E-state index in [1.165, 1.54) is 6.07 Å². The Labute approximate surface area is 132 Å². The first-order valence-corrected chi connectivity index (χ1v) is 8.23. The maximum absolute atomic E-state index is 13.6. The molecule has 0 aliphatic heterocycles. The summed E-state index contributed by atoms with van der Waals surface area (Å²) >= 11 is 6.25. The van der Waals surface area contributed by atoms with Crippen LogP contribution in [0.5, 0.6) is 0 Å². The van der Waals surface area contributed by atoms with E-state index in [0.29, 0.717) is 22.6 Å². The molecule has 21 heavy (non-hydrogen) atoms. The standard InChI is InChI=1S/C17H25ClFNO/c1-4-20-17(9-12-7-13(8-12)21-5-2)14-6-11(3)16(19)10-15(14)18/h6,10,12-13,17,20H,4-5,7-9H2,1-3H3. The summed E-state index contributed by atoms with van der Waals surface area (Å²) in [5.41, 5.74) is 1.66. The van der Waals surface area contributed by atoms with Crippen molar-refractivity contribution in [2.45, 2.75) is 52.2 Å². The number of hydrogen-bond acceptors (Lipinski definition) is 2. The molecule has 2 rings (SSSR count). The molecule has 1 aromatic rings. The molecule has 1 saturated carbocycles. The number of aryl methyl sites for hydroxylation is 1. The fourth-order valence-corrected chi connectivity index (χ4v) is 3.37. The third kappa shape index (κ3) is 4.18. The second kappa shape index (κ2) is 7.57. The molecule has 0 bridgehead atoms. The fourth-order valence-electron chi connectivity index (χ4n) is 3.09. The van der Waals surface area contributed by atoms with Crippen LogP contribution in [-0.4, -0.2) is 19.3 Å². The monoisotopic (exact) mass is 313 g/mol. The second-order valence-corrected chi connectivity index (χ2v) is 6.29. The number of nitrogens with one attached hydrogen (secondary N) is 1. The smallest absolute Gasteiger partial charge is 0.127 e. The van der Waals surface area contributed by atoms with Crippen LogP contribution < -0.4 is 5.32 Å². The summed E-state index contributed by atoms with van der Waals surface area (Å²) in [6.07, 6.45) is 3.69. The third-order valence-electron chi connectivity index (χ3n) is 4.27. The second-order valence-electron chi connectivity index (χ2n) is 5.88. The molecule has 118 valence electrons. The van der Waals surface area contributed by atoms with Crippen molar-refractivity contribution in [3.05, 3.63) is 34.1 Å². The van der Waals surface area contributed by atoms with Gasteiger partial charge in [0.15, 0.2) is 0 Å². The largest absolute Gasteiger partial charge is 0.378 e. The van der Waals surface area contributed by atoms with Crippen molar-refractivity contribution in [3.8, 4) is 0 Å². The molecular weight excluding hydrogens is 289 g/mol. The van der Waals surface area contributed by atoms with Gasteiger partial charge < -0.3 is 10.1 Å². The minimum Gasteiger partial charge on any atom is -0.378 e. The lowest BCUT2D eigenvalue weighted by atomic mass is 9.77. The molecule has 1 N–H and O–H groups in total. The molecule has 0 spiro atoms. The first kappa shape index (κ1) is 16.7. The van der Waals surface area contributed by atoms with Crippen LogP contribution in [0, 0.1) is 18.7 Å². The van der Waals surface area contributed by atoms with Gasteiger partial charge in [0.2, 0.25) is 0 Å². The Kier molecular flexibility index (Phi) is 6.03. The number of ether oxygens (including phenoxy) is 1. The van der Waals surface area contributed by atoms with Crippen LogP contribution >= 0.6 is 11.6 Å². The maximum Gasteiger partial charge on any atom is 0.127 e. The average Bonchev–Trinajstić information content (AvgIpc) is 2.40. The lowest BCUT2D eigenvalue weighted by Crippen LogP contribution is -2.35. The highest BCUT2D eigenvalue weighted by atomic mass is 35.5. The molecule has 0 saturated heterocycles. The van der Waals surface area contributed by atoms with Gasteiger partial charge in [-0.05, 0) is 62.8 Å². The van der Waals surface area contributed by atoms with Gasteiger partial charge in [0.05, 0.1) is 6.10 Å². The minimum atomic E-state index is -0.237. The van der Waals surface area contributed by atoms with E-state index in [1.807, 2.05) is 13.0 Å². The summed E-state index contributed by atoms with van der Waals surface area (Å²) in [6, 6.07) is 3.50. The lowest BCUT2D eigenvalue weighted by molar-refractivity contribution is -0.0291. The lowest BCUT2D eigenvalue weighted by Gasteiger charge is -2.37. The molecule has 4 heteroatoms. The Bertz CT molecular complexity index is 474. The molecule has 1 aliphatic carbocycles. The molecular formula is C17H25ClFNO. The van der Waals surface area contributed by atoms with E-state index >= 15 is 0 Å². The van der Waals surface area contributed by atoms with E-state index in [1.54, 1.807) is 6.92 Å². The molecule has 0 amide bonds. The molecule has 1 atom stereocenters. The van der Waals surface area contributed by atoms with Crippen LogP contribution in [0.1, 0.15) is 50.3 Å². The number of benzene rings is 1. The van der Waals surface area contributed by atoms with Crippen LogP contribution in [0.3, 0.4) is 0 Å². The van der Waals surface area contributed by atoms with Gasteiger partial charge >= 0.3 is 0 Å². The molecule has 1 unspecified atom stereocenters. The predicted octanol–water partition coefficient (Wildman–Crippen LogP) is 4.64. The summed E-state index contributed by atoms with van der Waals surface area (Å²) in [6.45, 7) is 7.57. The van der Waals surface area contributed by atoms with Gasteiger partial charge in [0.25, 0.3) is 0 Å². The van der Waals surface area contributed by atoms with Gasteiger partial charge in [-0.1, -0.05) is 24.6 Å². The zero-order chi connectivity index (χ0) is 15.4. The first-order chi connectivity index (χ1) is 10.0. The van der Waals surface area contributed by atoms with Gasteiger partial charge in [-0.3, -0.25) is 0 Å². The van der Waals surface area contributed by atoms with Gasteiger partial charge in [0.1, 0.15) is 5.82 Å². The van der Waals surface area contributed by atoms with Gasteiger partial charge in [-0.25, -0.2) is 4.39 Å². The Hall–Kier alpha value is -0.640. The third-order valence-corrected chi connectivity index (χ3v) is 4.60.